The van der Waals surface area contributed by atoms with Crippen LogP contribution in [0.5, 0.6) is 0 Å². The van der Waals surface area contributed by atoms with Crippen LogP contribution in [-0.4, -0.2) is 53.7 Å². The molecule has 35 heavy (non-hydrogen) atoms. The van der Waals surface area contributed by atoms with Gasteiger partial charge < -0.3 is 20.1 Å². The van der Waals surface area contributed by atoms with E-state index in [1.54, 1.807) is 25.7 Å². The molecule has 0 spiro atoms. The Kier molecular flexibility index (Phi) is 6.38. The number of fused-ring (bicyclic) bond motifs is 3. The number of hydrogen-bond acceptors (Lipinski definition) is 4. The number of ether oxygens (including phenoxy) is 1. The van der Waals surface area contributed by atoms with Crippen molar-refractivity contribution in [3.63, 3.8) is 0 Å². The molecular formula is C28H34N2O5. The Bertz CT molecular complexity index is 1100. The number of carboxylic acids is 1. The summed E-state index contributed by atoms with van der Waals surface area (Å²) in [6.07, 6.45) is -0.564. The number of carbonyl (C=O) groups is 3. The molecule has 1 heterocycles. The summed E-state index contributed by atoms with van der Waals surface area (Å²) in [6.45, 7) is 9.64. The third kappa shape index (κ3) is 4.40. The van der Waals surface area contributed by atoms with Gasteiger partial charge in [-0.1, -0.05) is 62.4 Å². The van der Waals surface area contributed by atoms with Gasteiger partial charge in [-0.25, -0.2) is 4.79 Å². The maximum atomic E-state index is 13.3. The van der Waals surface area contributed by atoms with Gasteiger partial charge in [0, 0.05) is 25.0 Å². The fraction of sp³-hybridized carbons (Fsp3) is 0.464. The number of amides is 2. The van der Waals surface area contributed by atoms with Crippen molar-refractivity contribution in [1.29, 1.82) is 0 Å². The van der Waals surface area contributed by atoms with E-state index in [0.29, 0.717) is 0 Å². The summed E-state index contributed by atoms with van der Waals surface area (Å²) in [5.74, 6) is -1.16. The molecule has 1 aliphatic heterocycles. The van der Waals surface area contributed by atoms with Crippen molar-refractivity contribution in [3.8, 4) is 11.1 Å². The van der Waals surface area contributed by atoms with Crippen LogP contribution in [0, 0.1) is 16.7 Å². The lowest BCUT2D eigenvalue weighted by molar-refractivity contribution is -0.168. The van der Waals surface area contributed by atoms with Crippen LogP contribution in [0.2, 0.25) is 0 Å². The SMILES string of the molecule is CC(C)C(NC(=O)OCC1c2ccccc2-c2ccccc21)C(C)(C)C(=O)N1CC(C)(C(=O)O)C1. The molecule has 1 aliphatic carbocycles. The van der Waals surface area contributed by atoms with E-state index in [1.807, 2.05) is 38.1 Å². The molecule has 1 unspecified atom stereocenters. The molecule has 7 nitrogen and oxygen atoms in total. The first-order valence-electron chi connectivity index (χ1n) is 12.1. The fourth-order valence-electron chi connectivity index (χ4n) is 5.56. The van der Waals surface area contributed by atoms with Gasteiger partial charge in [0.05, 0.1) is 10.8 Å². The van der Waals surface area contributed by atoms with E-state index >= 15 is 0 Å². The van der Waals surface area contributed by atoms with Crippen molar-refractivity contribution in [2.75, 3.05) is 19.7 Å². The summed E-state index contributed by atoms with van der Waals surface area (Å²) in [5, 5.41) is 12.3. The minimum Gasteiger partial charge on any atom is -0.481 e. The summed E-state index contributed by atoms with van der Waals surface area (Å²) in [6, 6.07) is 15.8. The summed E-state index contributed by atoms with van der Waals surface area (Å²) >= 11 is 0. The van der Waals surface area contributed by atoms with Crippen molar-refractivity contribution in [2.24, 2.45) is 16.7 Å². The zero-order valence-corrected chi connectivity index (χ0v) is 21.0. The highest BCUT2D eigenvalue weighted by molar-refractivity contribution is 5.87. The van der Waals surface area contributed by atoms with E-state index in [9.17, 15) is 19.5 Å². The van der Waals surface area contributed by atoms with Gasteiger partial charge in [0.15, 0.2) is 0 Å². The van der Waals surface area contributed by atoms with Crippen LogP contribution in [0.15, 0.2) is 48.5 Å². The zero-order valence-electron chi connectivity index (χ0n) is 21.0. The maximum Gasteiger partial charge on any atom is 0.407 e. The molecule has 1 saturated heterocycles. The molecule has 0 bridgehead atoms. The number of nitrogens with zero attached hydrogens (tertiary/aromatic N) is 1. The van der Waals surface area contributed by atoms with Gasteiger partial charge in [0.1, 0.15) is 6.61 Å². The topological polar surface area (TPSA) is 95.9 Å². The Balaban J connectivity index is 1.43. The van der Waals surface area contributed by atoms with Crippen LogP contribution >= 0.6 is 0 Å². The van der Waals surface area contributed by atoms with Crippen LogP contribution < -0.4 is 5.32 Å². The lowest BCUT2D eigenvalue weighted by Gasteiger charge is -2.49. The molecule has 0 aromatic heterocycles. The number of aliphatic carboxylic acids is 1. The predicted octanol–water partition coefficient (Wildman–Crippen LogP) is 4.51. The first-order valence-corrected chi connectivity index (χ1v) is 12.1. The summed E-state index contributed by atoms with van der Waals surface area (Å²) < 4.78 is 5.71. The summed E-state index contributed by atoms with van der Waals surface area (Å²) in [4.78, 5) is 39.2. The lowest BCUT2D eigenvalue weighted by atomic mass is 9.74. The molecule has 2 amide bonds. The lowest BCUT2D eigenvalue weighted by Crippen LogP contribution is -2.65. The van der Waals surface area contributed by atoms with E-state index < -0.39 is 28.9 Å². The minimum atomic E-state index is -0.931. The van der Waals surface area contributed by atoms with Crippen LogP contribution in [0.4, 0.5) is 4.79 Å². The van der Waals surface area contributed by atoms with Gasteiger partial charge >= 0.3 is 12.1 Å². The second-order valence-electron chi connectivity index (χ2n) is 10.9. The highest BCUT2D eigenvalue weighted by Gasteiger charge is 2.52. The van der Waals surface area contributed by atoms with Gasteiger partial charge in [-0.05, 0) is 48.9 Å². The number of hydrogen-bond donors (Lipinski definition) is 2. The van der Waals surface area contributed by atoms with E-state index in [1.165, 1.54) is 0 Å². The zero-order chi connectivity index (χ0) is 25.5. The maximum absolute atomic E-state index is 13.3. The predicted molar refractivity (Wildman–Crippen MR) is 133 cm³/mol. The van der Waals surface area contributed by atoms with Crippen molar-refractivity contribution in [1.82, 2.24) is 10.2 Å². The van der Waals surface area contributed by atoms with Crippen LogP contribution in [-0.2, 0) is 14.3 Å². The van der Waals surface area contributed by atoms with E-state index in [0.717, 1.165) is 22.3 Å². The number of benzene rings is 2. The number of carbonyl (C=O) groups excluding carboxylic acids is 2. The average molecular weight is 479 g/mol. The molecule has 1 atom stereocenters. The normalized spacial score (nSPS) is 17.3. The van der Waals surface area contributed by atoms with Gasteiger partial charge in [-0.15, -0.1) is 0 Å². The molecule has 0 saturated carbocycles. The first-order chi connectivity index (χ1) is 16.5. The van der Waals surface area contributed by atoms with Gasteiger partial charge in [-0.2, -0.15) is 0 Å². The number of carboxylic acid groups (broad SMARTS) is 1. The van der Waals surface area contributed by atoms with E-state index in [4.69, 9.17) is 4.74 Å². The molecule has 4 rings (SSSR count). The Labute approximate surface area is 206 Å². The van der Waals surface area contributed by atoms with Crippen molar-refractivity contribution in [3.05, 3.63) is 59.7 Å². The standard InChI is InChI=1S/C28H34N2O5/c1-17(2)23(27(3,4)24(31)30-15-28(5,16-30)25(32)33)29-26(34)35-14-22-20-12-8-6-10-18(20)19-11-7-9-13-21(19)22/h6-13,17,22-23H,14-16H2,1-5H3,(H,29,34)(H,32,33). The Morgan fingerprint density at radius 1 is 1.06 bits per heavy atom. The Morgan fingerprint density at radius 2 is 1.57 bits per heavy atom. The Morgan fingerprint density at radius 3 is 2.06 bits per heavy atom. The molecule has 2 N–H and O–H groups in total. The molecular weight excluding hydrogens is 444 g/mol. The third-order valence-corrected chi connectivity index (χ3v) is 7.50. The fourth-order valence-corrected chi connectivity index (χ4v) is 5.56. The molecule has 2 aromatic rings. The number of nitrogens with one attached hydrogen (secondary N) is 1. The van der Waals surface area contributed by atoms with Crippen LogP contribution in [0.1, 0.15) is 51.7 Å². The summed E-state index contributed by atoms with van der Waals surface area (Å²) in [5.41, 5.74) is 2.74. The van der Waals surface area contributed by atoms with E-state index in [2.05, 4.69) is 29.6 Å². The quantitative estimate of drug-likeness (QED) is 0.611. The van der Waals surface area contributed by atoms with Crippen LogP contribution in [0.3, 0.4) is 0 Å². The van der Waals surface area contributed by atoms with Crippen molar-refractivity contribution < 1.29 is 24.2 Å². The van der Waals surface area contributed by atoms with E-state index in [-0.39, 0.29) is 37.4 Å². The minimum absolute atomic E-state index is 0.0402. The van der Waals surface area contributed by atoms with Crippen LogP contribution in [0.25, 0.3) is 11.1 Å². The monoisotopic (exact) mass is 478 g/mol. The summed E-state index contributed by atoms with van der Waals surface area (Å²) in [7, 11) is 0. The molecule has 7 heteroatoms. The number of rotatable bonds is 7. The third-order valence-electron chi connectivity index (χ3n) is 7.50. The average Bonchev–Trinajstić information content (AvgIpc) is 3.12. The largest absolute Gasteiger partial charge is 0.481 e. The highest BCUT2D eigenvalue weighted by atomic mass is 16.5. The van der Waals surface area contributed by atoms with Crippen molar-refractivity contribution in [2.45, 2.75) is 46.6 Å². The number of likely N-dealkylation sites (tertiary alicyclic amines) is 1. The first kappa shape index (κ1) is 24.8. The molecule has 0 radical (unpaired) electrons. The number of alkyl carbamates (subject to hydrolysis) is 1. The smallest absolute Gasteiger partial charge is 0.407 e. The van der Waals surface area contributed by atoms with Crippen molar-refractivity contribution >= 4 is 18.0 Å². The molecule has 2 aromatic carbocycles. The second-order valence-corrected chi connectivity index (χ2v) is 10.9. The molecule has 1 fully saturated rings. The van der Waals surface area contributed by atoms with Gasteiger partial charge in [-0.3, -0.25) is 9.59 Å². The highest BCUT2D eigenvalue weighted by Crippen LogP contribution is 2.44. The second kappa shape index (κ2) is 9.02. The molecule has 2 aliphatic rings. The van der Waals surface area contributed by atoms with Gasteiger partial charge in [0.25, 0.3) is 0 Å². The Hall–Kier alpha value is -3.35. The van der Waals surface area contributed by atoms with Gasteiger partial charge in [0.2, 0.25) is 5.91 Å². The molecule has 186 valence electrons.